The number of nitrogens with one attached hydrogen (secondary N) is 2. The Hall–Kier alpha value is -2.18. The molecule has 2 aromatic carbocycles. The summed E-state index contributed by atoms with van der Waals surface area (Å²) in [5.74, 6) is -0.556. The molecule has 0 fully saturated rings. The van der Waals surface area contributed by atoms with E-state index in [1.807, 2.05) is 24.3 Å². The number of hydrogen-bond donors (Lipinski definition) is 2. The van der Waals surface area contributed by atoms with Gasteiger partial charge < -0.3 is 5.32 Å². The van der Waals surface area contributed by atoms with Crippen LogP contribution in [-0.4, -0.2) is 26.9 Å². The summed E-state index contributed by atoms with van der Waals surface area (Å²) in [5.41, 5.74) is 0. The van der Waals surface area contributed by atoms with Gasteiger partial charge in [-0.05, 0) is 28.8 Å². The highest BCUT2D eigenvalue weighted by atomic mass is 32.2. The Morgan fingerprint density at radius 1 is 1.17 bits per heavy atom. The van der Waals surface area contributed by atoms with E-state index in [0.717, 1.165) is 10.8 Å². The van der Waals surface area contributed by atoms with Crippen LogP contribution >= 0.6 is 0 Å². The zero-order chi connectivity index (χ0) is 17.7. The van der Waals surface area contributed by atoms with Crippen LogP contribution < -0.4 is 10.0 Å². The molecule has 24 heavy (non-hydrogen) atoms. The molecule has 0 aliphatic rings. The highest BCUT2D eigenvalue weighted by Crippen LogP contribution is 2.19. The van der Waals surface area contributed by atoms with Gasteiger partial charge in [0, 0.05) is 6.54 Å². The minimum absolute atomic E-state index is 0.142. The molecule has 0 aliphatic heterocycles. The minimum atomic E-state index is -3.80. The van der Waals surface area contributed by atoms with Gasteiger partial charge in [-0.1, -0.05) is 50.3 Å². The second-order valence-corrected chi connectivity index (χ2v) is 7.60. The summed E-state index contributed by atoms with van der Waals surface area (Å²) in [7, 11) is -3.80. The average molecular weight is 346 g/mol. The van der Waals surface area contributed by atoms with Gasteiger partial charge in [-0.25, -0.2) is 8.42 Å². The zero-order valence-electron chi connectivity index (χ0n) is 13.8. The van der Waals surface area contributed by atoms with Gasteiger partial charge in [0.1, 0.15) is 6.04 Å². The normalized spacial score (nSPS) is 13.0. The van der Waals surface area contributed by atoms with Crippen LogP contribution in [0.25, 0.3) is 10.8 Å². The van der Waals surface area contributed by atoms with E-state index < -0.39 is 16.1 Å². The smallest absolute Gasteiger partial charge is 0.241 e. The van der Waals surface area contributed by atoms with Crippen molar-refractivity contribution < 1.29 is 13.2 Å². The molecule has 2 aromatic rings. The van der Waals surface area contributed by atoms with Gasteiger partial charge in [0.2, 0.25) is 15.9 Å². The average Bonchev–Trinajstić information content (AvgIpc) is 2.56. The lowest BCUT2D eigenvalue weighted by Gasteiger charge is -2.21. The number of benzene rings is 2. The monoisotopic (exact) mass is 346 g/mol. The second-order valence-electron chi connectivity index (χ2n) is 5.89. The maximum Gasteiger partial charge on any atom is 0.241 e. The van der Waals surface area contributed by atoms with E-state index in [-0.39, 0.29) is 16.7 Å². The number of hydrogen-bond acceptors (Lipinski definition) is 3. The zero-order valence-corrected chi connectivity index (χ0v) is 14.6. The first-order valence-electron chi connectivity index (χ1n) is 7.75. The van der Waals surface area contributed by atoms with Crippen molar-refractivity contribution in [1.82, 2.24) is 10.0 Å². The summed E-state index contributed by atoms with van der Waals surface area (Å²) in [5, 5.41) is 4.42. The maximum absolute atomic E-state index is 12.7. The van der Waals surface area contributed by atoms with Crippen LogP contribution in [0, 0.1) is 5.92 Å². The molecule has 6 heteroatoms. The molecule has 0 aliphatic carbocycles. The van der Waals surface area contributed by atoms with Crippen molar-refractivity contribution in [3.8, 4) is 0 Å². The van der Waals surface area contributed by atoms with Crippen LogP contribution in [0.5, 0.6) is 0 Å². The van der Waals surface area contributed by atoms with Crippen LogP contribution in [0.3, 0.4) is 0 Å². The third kappa shape index (κ3) is 4.21. The lowest BCUT2D eigenvalue weighted by atomic mass is 10.1. The predicted octanol–water partition coefficient (Wildman–Crippen LogP) is 2.44. The summed E-state index contributed by atoms with van der Waals surface area (Å²) in [6, 6.07) is 11.6. The first kappa shape index (κ1) is 18.2. The Morgan fingerprint density at radius 2 is 1.83 bits per heavy atom. The summed E-state index contributed by atoms with van der Waals surface area (Å²) in [6.07, 6.45) is 1.55. The van der Waals surface area contributed by atoms with Crippen LogP contribution in [-0.2, 0) is 14.8 Å². The van der Waals surface area contributed by atoms with Crippen molar-refractivity contribution in [2.24, 2.45) is 5.92 Å². The lowest BCUT2D eigenvalue weighted by molar-refractivity contribution is -0.123. The molecule has 2 rings (SSSR count). The lowest BCUT2D eigenvalue weighted by Crippen LogP contribution is -2.49. The van der Waals surface area contributed by atoms with Gasteiger partial charge in [-0.2, -0.15) is 4.72 Å². The Morgan fingerprint density at radius 3 is 2.46 bits per heavy atom. The van der Waals surface area contributed by atoms with Gasteiger partial charge in [0.05, 0.1) is 4.90 Å². The highest BCUT2D eigenvalue weighted by molar-refractivity contribution is 7.89. The van der Waals surface area contributed by atoms with E-state index in [1.165, 1.54) is 0 Å². The van der Waals surface area contributed by atoms with Gasteiger partial charge in [-0.15, -0.1) is 6.58 Å². The quantitative estimate of drug-likeness (QED) is 0.756. The van der Waals surface area contributed by atoms with Crippen molar-refractivity contribution in [2.75, 3.05) is 6.54 Å². The van der Waals surface area contributed by atoms with Crippen molar-refractivity contribution in [3.63, 3.8) is 0 Å². The van der Waals surface area contributed by atoms with Gasteiger partial charge >= 0.3 is 0 Å². The van der Waals surface area contributed by atoms with Crippen LogP contribution in [0.4, 0.5) is 0 Å². The standard InChI is InChI=1S/C18H22N2O3S/c1-4-11-19-18(21)17(13(2)3)20-24(22,23)16-10-9-14-7-5-6-8-15(14)12-16/h4-10,12-13,17,20H,1,11H2,2-3H3,(H,19,21)/t17-/m0/s1. The molecule has 0 heterocycles. The highest BCUT2D eigenvalue weighted by Gasteiger charge is 2.28. The molecule has 5 nitrogen and oxygen atoms in total. The molecule has 0 radical (unpaired) electrons. The third-order valence-corrected chi connectivity index (χ3v) is 5.12. The van der Waals surface area contributed by atoms with E-state index in [0.29, 0.717) is 6.54 Å². The van der Waals surface area contributed by atoms with Gasteiger partial charge in [0.15, 0.2) is 0 Å². The third-order valence-electron chi connectivity index (χ3n) is 3.68. The fourth-order valence-corrected chi connectivity index (χ4v) is 3.72. The first-order chi connectivity index (χ1) is 11.3. The predicted molar refractivity (Wildman–Crippen MR) is 96.1 cm³/mol. The molecule has 1 atom stereocenters. The minimum Gasteiger partial charge on any atom is -0.351 e. The number of carbonyl (C=O) groups excluding carboxylic acids is 1. The largest absolute Gasteiger partial charge is 0.351 e. The number of rotatable bonds is 7. The molecular formula is C18H22N2O3S. The van der Waals surface area contributed by atoms with Crippen molar-refractivity contribution in [3.05, 3.63) is 55.1 Å². The molecule has 0 spiro atoms. The SMILES string of the molecule is C=CCNC(=O)[C@@H](NS(=O)(=O)c1ccc2ccccc2c1)C(C)C. The van der Waals surface area contributed by atoms with E-state index in [9.17, 15) is 13.2 Å². The van der Waals surface area contributed by atoms with Crippen LogP contribution in [0.15, 0.2) is 60.0 Å². The van der Waals surface area contributed by atoms with E-state index in [4.69, 9.17) is 0 Å². The Balaban J connectivity index is 2.29. The van der Waals surface area contributed by atoms with Crippen molar-refractivity contribution >= 4 is 26.7 Å². The molecular weight excluding hydrogens is 324 g/mol. The van der Waals surface area contributed by atoms with Crippen LogP contribution in [0.2, 0.25) is 0 Å². The van der Waals surface area contributed by atoms with Gasteiger partial charge in [0.25, 0.3) is 0 Å². The van der Waals surface area contributed by atoms with E-state index >= 15 is 0 Å². The molecule has 0 saturated heterocycles. The summed E-state index contributed by atoms with van der Waals surface area (Å²) in [4.78, 5) is 12.3. The molecule has 0 unspecified atom stereocenters. The topological polar surface area (TPSA) is 75.3 Å². The van der Waals surface area contributed by atoms with E-state index in [2.05, 4.69) is 16.6 Å². The Kier molecular flexibility index (Phi) is 5.75. The number of carbonyl (C=O) groups is 1. The van der Waals surface area contributed by atoms with E-state index in [1.54, 1.807) is 38.1 Å². The summed E-state index contributed by atoms with van der Waals surface area (Å²) in [6.45, 7) is 7.41. The molecule has 0 saturated carbocycles. The Labute approximate surface area is 142 Å². The molecule has 2 N–H and O–H groups in total. The fourth-order valence-electron chi connectivity index (χ4n) is 2.34. The summed E-state index contributed by atoms with van der Waals surface area (Å²) < 4.78 is 27.8. The Bertz CT molecular complexity index is 844. The number of sulfonamides is 1. The van der Waals surface area contributed by atoms with Crippen molar-refractivity contribution in [2.45, 2.75) is 24.8 Å². The molecule has 0 bridgehead atoms. The fraction of sp³-hybridized carbons (Fsp3) is 0.278. The molecule has 0 aromatic heterocycles. The van der Waals surface area contributed by atoms with Gasteiger partial charge in [-0.3, -0.25) is 4.79 Å². The summed E-state index contributed by atoms with van der Waals surface area (Å²) >= 11 is 0. The maximum atomic E-state index is 12.7. The molecule has 128 valence electrons. The second kappa shape index (κ2) is 7.59. The van der Waals surface area contributed by atoms with Crippen LogP contribution in [0.1, 0.15) is 13.8 Å². The van der Waals surface area contributed by atoms with Crippen molar-refractivity contribution in [1.29, 1.82) is 0 Å². The first-order valence-corrected chi connectivity index (χ1v) is 9.23. The number of amides is 1. The molecule has 1 amide bonds. The number of fused-ring (bicyclic) bond motifs is 1.